The average Bonchev–Trinajstić information content (AvgIpc) is 2.95. The normalized spacial score (nSPS) is 17.6. The maximum atomic E-state index is 14.6. The molecule has 0 spiro atoms. The van der Waals surface area contributed by atoms with Crippen LogP contribution in [0.25, 0.3) is 6.08 Å². The Morgan fingerprint density at radius 1 is 1.00 bits per heavy atom. The lowest BCUT2D eigenvalue weighted by molar-refractivity contribution is 0.0926. The number of allylic oxidation sites excluding steroid dienone is 1. The van der Waals surface area contributed by atoms with Gasteiger partial charge in [-0.2, -0.15) is 0 Å². The van der Waals surface area contributed by atoms with Crippen molar-refractivity contribution in [3.05, 3.63) is 70.5 Å². The predicted molar refractivity (Wildman–Crippen MR) is 86.0 cm³/mol. The molecule has 4 rings (SSSR count). The summed E-state index contributed by atoms with van der Waals surface area (Å²) in [5, 5.41) is 0. The Labute approximate surface area is 133 Å². The summed E-state index contributed by atoms with van der Waals surface area (Å²) < 4.78 is 14.6. The Bertz CT molecular complexity index is 877. The summed E-state index contributed by atoms with van der Waals surface area (Å²) in [6.07, 6.45) is 3.76. The van der Waals surface area contributed by atoms with Gasteiger partial charge in [-0.25, -0.2) is 9.29 Å². The largest absolute Gasteiger partial charge is 0.268 e. The van der Waals surface area contributed by atoms with E-state index in [1.165, 1.54) is 6.07 Å². The minimum Gasteiger partial charge on any atom is -0.268 e. The first-order valence-electron chi connectivity index (χ1n) is 7.41. The van der Waals surface area contributed by atoms with Gasteiger partial charge in [0.15, 0.2) is 0 Å². The van der Waals surface area contributed by atoms with Crippen LogP contribution in [0.15, 0.2) is 42.5 Å². The van der Waals surface area contributed by atoms with Gasteiger partial charge >= 0.3 is 0 Å². The third-order valence-corrected chi connectivity index (χ3v) is 4.48. The Kier molecular flexibility index (Phi) is 2.64. The van der Waals surface area contributed by atoms with Crippen molar-refractivity contribution in [2.45, 2.75) is 19.3 Å². The van der Waals surface area contributed by atoms with E-state index >= 15 is 0 Å². The summed E-state index contributed by atoms with van der Waals surface area (Å²) in [4.78, 5) is 26.1. The molecule has 3 nitrogen and oxygen atoms in total. The maximum Gasteiger partial charge on any atom is 0.266 e. The number of hydrogen-bond acceptors (Lipinski definition) is 2. The van der Waals surface area contributed by atoms with Gasteiger partial charge in [-0.3, -0.25) is 9.59 Å². The summed E-state index contributed by atoms with van der Waals surface area (Å²) in [5.74, 6) is -1.22. The first-order valence-corrected chi connectivity index (χ1v) is 7.41. The van der Waals surface area contributed by atoms with E-state index in [-0.39, 0.29) is 11.1 Å². The fraction of sp³-hybridized carbons (Fsp3) is 0.158. The Balaban J connectivity index is 1.85. The van der Waals surface area contributed by atoms with Crippen molar-refractivity contribution in [2.24, 2.45) is 0 Å². The fourth-order valence-corrected chi connectivity index (χ4v) is 3.36. The number of carbonyl (C=O) groups is 2. The van der Waals surface area contributed by atoms with Crippen molar-refractivity contribution in [2.75, 3.05) is 4.90 Å². The Hall–Kier alpha value is -2.75. The van der Waals surface area contributed by atoms with E-state index in [1.807, 2.05) is 26.0 Å². The number of nitrogens with zero attached hydrogens (tertiary/aromatic N) is 1. The third-order valence-electron chi connectivity index (χ3n) is 4.48. The van der Waals surface area contributed by atoms with E-state index in [2.05, 4.69) is 0 Å². The van der Waals surface area contributed by atoms with Gasteiger partial charge in [0, 0.05) is 11.0 Å². The third kappa shape index (κ3) is 1.81. The topological polar surface area (TPSA) is 37.4 Å². The molecule has 2 aromatic rings. The van der Waals surface area contributed by atoms with Crippen LogP contribution in [0.3, 0.4) is 0 Å². The summed E-state index contributed by atoms with van der Waals surface area (Å²) in [7, 11) is 0. The van der Waals surface area contributed by atoms with Crippen LogP contribution in [-0.4, -0.2) is 11.8 Å². The first-order chi connectivity index (χ1) is 10.9. The second kappa shape index (κ2) is 4.38. The zero-order chi connectivity index (χ0) is 16.4. The molecular formula is C19H14FNO2. The van der Waals surface area contributed by atoms with Crippen LogP contribution in [-0.2, 0) is 5.41 Å². The second-order valence-electron chi connectivity index (χ2n) is 6.44. The lowest BCUT2D eigenvalue weighted by Gasteiger charge is -2.21. The van der Waals surface area contributed by atoms with E-state index in [0.29, 0.717) is 22.3 Å². The molecule has 114 valence electrons. The second-order valence-corrected chi connectivity index (χ2v) is 6.44. The molecule has 0 unspecified atom stereocenters. The van der Waals surface area contributed by atoms with Crippen LogP contribution in [0.4, 0.5) is 10.1 Å². The number of rotatable bonds is 1. The van der Waals surface area contributed by atoms with Gasteiger partial charge in [-0.05, 0) is 29.8 Å². The maximum absolute atomic E-state index is 14.6. The molecule has 1 heterocycles. The van der Waals surface area contributed by atoms with Crippen molar-refractivity contribution in [1.82, 2.24) is 0 Å². The number of imide groups is 1. The van der Waals surface area contributed by atoms with Gasteiger partial charge in [0.1, 0.15) is 5.82 Å². The molecule has 2 aromatic carbocycles. The molecule has 1 aliphatic carbocycles. The molecular weight excluding hydrogens is 293 g/mol. The van der Waals surface area contributed by atoms with Crippen LogP contribution in [0.5, 0.6) is 0 Å². The highest BCUT2D eigenvalue weighted by Crippen LogP contribution is 2.40. The van der Waals surface area contributed by atoms with Crippen LogP contribution in [0.2, 0.25) is 0 Å². The van der Waals surface area contributed by atoms with Gasteiger partial charge in [0.25, 0.3) is 11.8 Å². The Morgan fingerprint density at radius 3 is 2.22 bits per heavy atom. The van der Waals surface area contributed by atoms with E-state index in [9.17, 15) is 14.0 Å². The standard InChI is InChI=1S/C19H14FNO2/c1-19(2)8-7-11-9-12(10-15(20)16(11)19)21-17(22)13-5-3-4-6-14(13)18(21)23/h3-10H,1-2H3. The minimum atomic E-state index is -0.411. The predicted octanol–water partition coefficient (Wildman–Crippen LogP) is 3.93. The lowest BCUT2D eigenvalue weighted by atomic mass is 9.86. The molecule has 1 aliphatic heterocycles. The molecule has 0 N–H and O–H groups in total. The van der Waals surface area contributed by atoms with Crippen LogP contribution < -0.4 is 4.90 Å². The van der Waals surface area contributed by atoms with Crippen LogP contribution in [0.1, 0.15) is 45.7 Å². The number of hydrogen-bond donors (Lipinski definition) is 0. The smallest absolute Gasteiger partial charge is 0.266 e. The first kappa shape index (κ1) is 13.9. The highest BCUT2D eigenvalue weighted by atomic mass is 19.1. The lowest BCUT2D eigenvalue weighted by Crippen LogP contribution is -2.29. The van der Waals surface area contributed by atoms with E-state index < -0.39 is 17.6 Å². The van der Waals surface area contributed by atoms with Gasteiger partial charge in [0.05, 0.1) is 16.8 Å². The number of amides is 2. The summed E-state index contributed by atoms with van der Waals surface area (Å²) in [5.41, 5.74) is 1.90. The van der Waals surface area contributed by atoms with Gasteiger partial charge in [0.2, 0.25) is 0 Å². The molecule has 0 saturated carbocycles. The molecule has 23 heavy (non-hydrogen) atoms. The van der Waals surface area contributed by atoms with Crippen LogP contribution >= 0.6 is 0 Å². The molecule has 0 bridgehead atoms. The number of benzene rings is 2. The van der Waals surface area contributed by atoms with Crippen molar-refractivity contribution in [1.29, 1.82) is 0 Å². The molecule has 0 saturated heterocycles. The van der Waals surface area contributed by atoms with Crippen LogP contribution in [0, 0.1) is 5.82 Å². The number of halogens is 1. The summed E-state index contributed by atoms with van der Waals surface area (Å²) >= 11 is 0. The zero-order valence-corrected chi connectivity index (χ0v) is 12.8. The zero-order valence-electron chi connectivity index (χ0n) is 12.8. The van der Waals surface area contributed by atoms with E-state index in [4.69, 9.17) is 0 Å². The SMILES string of the molecule is CC1(C)C=Cc2cc(N3C(=O)c4ccccc4C3=O)cc(F)c21. The minimum absolute atomic E-state index is 0.273. The van der Waals surface area contributed by atoms with Crippen molar-refractivity contribution in [3.8, 4) is 0 Å². The number of carbonyl (C=O) groups excluding carboxylic acids is 2. The molecule has 2 amide bonds. The number of anilines is 1. The van der Waals surface area contributed by atoms with Gasteiger partial charge in [-0.15, -0.1) is 0 Å². The highest BCUT2D eigenvalue weighted by molar-refractivity contribution is 6.34. The Morgan fingerprint density at radius 2 is 1.61 bits per heavy atom. The monoisotopic (exact) mass is 307 g/mol. The quantitative estimate of drug-likeness (QED) is 0.749. The van der Waals surface area contributed by atoms with Crippen molar-refractivity contribution in [3.63, 3.8) is 0 Å². The highest BCUT2D eigenvalue weighted by Gasteiger charge is 2.38. The van der Waals surface area contributed by atoms with Gasteiger partial charge < -0.3 is 0 Å². The fourth-order valence-electron chi connectivity index (χ4n) is 3.36. The summed E-state index contributed by atoms with van der Waals surface area (Å²) in [6.45, 7) is 3.86. The van der Waals surface area contributed by atoms with Crippen molar-refractivity contribution < 1.29 is 14.0 Å². The molecule has 0 fully saturated rings. The summed E-state index contributed by atoms with van der Waals surface area (Å²) in [6, 6.07) is 9.62. The molecule has 4 heteroatoms. The number of fused-ring (bicyclic) bond motifs is 2. The van der Waals surface area contributed by atoms with E-state index in [1.54, 1.807) is 30.3 Å². The average molecular weight is 307 g/mol. The van der Waals surface area contributed by atoms with Crippen molar-refractivity contribution >= 4 is 23.6 Å². The molecule has 0 atom stereocenters. The molecule has 0 radical (unpaired) electrons. The molecule has 2 aliphatic rings. The van der Waals surface area contributed by atoms with E-state index in [0.717, 1.165) is 4.90 Å². The molecule has 0 aromatic heterocycles. The van der Waals surface area contributed by atoms with Gasteiger partial charge in [-0.1, -0.05) is 38.1 Å².